The molecule has 0 aliphatic carbocycles. The van der Waals surface area contributed by atoms with Crippen molar-refractivity contribution in [3.05, 3.63) is 35.4 Å². The van der Waals surface area contributed by atoms with E-state index in [4.69, 9.17) is 9.47 Å². The maximum atomic E-state index is 12.7. The monoisotopic (exact) mass is 460 g/mol. The zero-order chi connectivity index (χ0) is 24.2. The van der Waals surface area contributed by atoms with Crippen molar-refractivity contribution in [1.29, 1.82) is 0 Å². The molecule has 0 atom stereocenters. The molecule has 1 aromatic carbocycles. The van der Waals surface area contributed by atoms with Crippen molar-refractivity contribution in [1.82, 2.24) is 0 Å². The molecular weight excluding hydrogens is 412 g/mol. The van der Waals surface area contributed by atoms with Crippen molar-refractivity contribution in [2.75, 3.05) is 6.61 Å². The van der Waals surface area contributed by atoms with Gasteiger partial charge in [0.05, 0.1) is 17.7 Å². The second-order valence-electron chi connectivity index (χ2n) is 9.18. The maximum absolute atomic E-state index is 12.7. The van der Waals surface area contributed by atoms with Crippen molar-refractivity contribution in [3.8, 4) is 0 Å². The number of unbranched alkanes of at least 4 members (excludes halogenated alkanes) is 11. The minimum Gasteiger partial charge on any atom is -0.462 e. The summed E-state index contributed by atoms with van der Waals surface area (Å²) in [6.45, 7) is 6.82. The summed E-state index contributed by atoms with van der Waals surface area (Å²) in [6.07, 6.45) is 18.7. The van der Waals surface area contributed by atoms with Crippen LogP contribution in [0.2, 0.25) is 0 Å². The van der Waals surface area contributed by atoms with E-state index in [1.165, 1.54) is 64.2 Å². The number of carbonyl (C=O) groups is 2. The zero-order valence-corrected chi connectivity index (χ0v) is 21.5. The van der Waals surface area contributed by atoms with Crippen LogP contribution in [-0.2, 0) is 9.47 Å². The fraction of sp³-hybridized carbons (Fsp3) is 0.724. The van der Waals surface area contributed by atoms with Crippen molar-refractivity contribution in [3.63, 3.8) is 0 Å². The summed E-state index contributed by atoms with van der Waals surface area (Å²) >= 11 is 0. The smallest absolute Gasteiger partial charge is 0.339 e. The molecule has 0 radical (unpaired) electrons. The Labute approximate surface area is 202 Å². The summed E-state index contributed by atoms with van der Waals surface area (Å²) in [7, 11) is 0. The van der Waals surface area contributed by atoms with Crippen LogP contribution in [0.25, 0.3) is 0 Å². The van der Waals surface area contributed by atoms with Gasteiger partial charge >= 0.3 is 11.9 Å². The Kier molecular flexibility index (Phi) is 17.4. The van der Waals surface area contributed by atoms with Crippen LogP contribution in [-0.4, -0.2) is 24.6 Å². The first-order valence-corrected chi connectivity index (χ1v) is 13.6. The van der Waals surface area contributed by atoms with Gasteiger partial charge in [0.1, 0.15) is 6.10 Å². The van der Waals surface area contributed by atoms with Gasteiger partial charge in [0.25, 0.3) is 0 Å². The number of hydrogen-bond acceptors (Lipinski definition) is 4. The highest BCUT2D eigenvalue weighted by Crippen LogP contribution is 2.17. The largest absolute Gasteiger partial charge is 0.462 e. The molecule has 4 nitrogen and oxygen atoms in total. The quantitative estimate of drug-likeness (QED) is 0.144. The van der Waals surface area contributed by atoms with E-state index in [0.717, 1.165) is 38.5 Å². The predicted molar refractivity (Wildman–Crippen MR) is 137 cm³/mol. The highest BCUT2D eigenvalue weighted by atomic mass is 16.5. The Morgan fingerprint density at radius 3 is 1.58 bits per heavy atom. The molecule has 0 unspecified atom stereocenters. The topological polar surface area (TPSA) is 52.6 Å². The van der Waals surface area contributed by atoms with Crippen molar-refractivity contribution in [2.45, 2.75) is 130 Å². The molecular formula is C29H48O4. The van der Waals surface area contributed by atoms with Crippen molar-refractivity contribution < 1.29 is 19.1 Å². The van der Waals surface area contributed by atoms with Crippen LogP contribution in [0.1, 0.15) is 144 Å². The molecule has 0 aromatic heterocycles. The van der Waals surface area contributed by atoms with E-state index in [0.29, 0.717) is 17.7 Å². The zero-order valence-electron chi connectivity index (χ0n) is 21.5. The second kappa shape index (κ2) is 19.6. The lowest BCUT2D eigenvalue weighted by Gasteiger charge is -2.17. The average Bonchev–Trinajstić information content (AvgIpc) is 2.82. The summed E-state index contributed by atoms with van der Waals surface area (Å²) in [5.74, 6) is -0.868. The maximum Gasteiger partial charge on any atom is 0.339 e. The van der Waals surface area contributed by atoms with E-state index in [1.54, 1.807) is 24.3 Å². The van der Waals surface area contributed by atoms with E-state index in [2.05, 4.69) is 20.8 Å². The molecule has 0 saturated carbocycles. The van der Waals surface area contributed by atoms with Gasteiger partial charge in [0, 0.05) is 0 Å². The SMILES string of the molecule is CCCCCCCCCCCCCCOC(=O)c1ccccc1C(=O)OC(CCC)CCC. The Morgan fingerprint density at radius 2 is 1.09 bits per heavy atom. The van der Waals surface area contributed by atoms with Gasteiger partial charge in [0.15, 0.2) is 0 Å². The van der Waals surface area contributed by atoms with E-state index in [9.17, 15) is 9.59 Å². The number of hydrogen-bond donors (Lipinski definition) is 0. The molecule has 0 fully saturated rings. The summed E-state index contributed by atoms with van der Waals surface area (Å²) in [4.78, 5) is 25.3. The standard InChI is InChI=1S/C29H48O4/c1-4-7-8-9-10-11-12-13-14-15-16-19-24-32-28(30)26-22-17-18-23-27(26)29(31)33-25(20-5-2)21-6-3/h17-18,22-23,25H,4-16,19-21,24H2,1-3H3. The van der Waals surface area contributed by atoms with Gasteiger partial charge in [-0.15, -0.1) is 0 Å². The van der Waals surface area contributed by atoms with E-state index < -0.39 is 11.9 Å². The Hall–Kier alpha value is -1.84. The molecule has 0 aliphatic heterocycles. The Morgan fingerprint density at radius 1 is 0.636 bits per heavy atom. The van der Waals surface area contributed by atoms with Crippen LogP contribution in [0.15, 0.2) is 24.3 Å². The lowest BCUT2D eigenvalue weighted by Crippen LogP contribution is -2.20. The van der Waals surface area contributed by atoms with E-state index >= 15 is 0 Å². The minimum atomic E-state index is -0.437. The molecule has 1 rings (SSSR count). The number of ether oxygens (including phenoxy) is 2. The minimum absolute atomic E-state index is 0.0994. The summed E-state index contributed by atoms with van der Waals surface area (Å²) in [6, 6.07) is 6.81. The molecule has 33 heavy (non-hydrogen) atoms. The summed E-state index contributed by atoms with van der Waals surface area (Å²) in [5, 5.41) is 0. The fourth-order valence-corrected chi connectivity index (χ4v) is 4.15. The molecule has 0 bridgehead atoms. The summed E-state index contributed by atoms with van der Waals surface area (Å²) < 4.78 is 11.1. The average molecular weight is 461 g/mol. The van der Waals surface area contributed by atoms with Gasteiger partial charge in [-0.3, -0.25) is 0 Å². The molecule has 4 heteroatoms. The highest BCUT2D eigenvalue weighted by Gasteiger charge is 2.21. The first-order valence-electron chi connectivity index (χ1n) is 13.6. The lowest BCUT2D eigenvalue weighted by atomic mass is 10.1. The third kappa shape index (κ3) is 13.5. The lowest BCUT2D eigenvalue weighted by molar-refractivity contribution is 0.0249. The van der Waals surface area contributed by atoms with E-state index in [-0.39, 0.29) is 6.10 Å². The van der Waals surface area contributed by atoms with Gasteiger partial charge in [-0.1, -0.05) is 116 Å². The van der Waals surface area contributed by atoms with E-state index in [1.807, 2.05) is 0 Å². The molecule has 188 valence electrons. The Bertz CT molecular complexity index is 634. The molecule has 0 heterocycles. The fourth-order valence-electron chi connectivity index (χ4n) is 4.15. The van der Waals surface area contributed by atoms with Gasteiger partial charge in [-0.2, -0.15) is 0 Å². The normalized spacial score (nSPS) is 11.0. The number of benzene rings is 1. The van der Waals surface area contributed by atoms with Crippen LogP contribution in [0.4, 0.5) is 0 Å². The second-order valence-corrected chi connectivity index (χ2v) is 9.18. The molecule has 0 aliphatic rings. The van der Waals surface area contributed by atoms with Crippen LogP contribution in [0.3, 0.4) is 0 Å². The van der Waals surface area contributed by atoms with Crippen LogP contribution >= 0.6 is 0 Å². The predicted octanol–water partition coefficient (Wildman–Crippen LogP) is 8.67. The first-order chi connectivity index (χ1) is 16.1. The number of rotatable bonds is 20. The third-order valence-electron chi connectivity index (χ3n) is 6.09. The van der Waals surface area contributed by atoms with Gasteiger partial charge in [0.2, 0.25) is 0 Å². The van der Waals surface area contributed by atoms with Crippen LogP contribution in [0, 0.1) is 0 Å². The van der Waals surface area contributed by atoms with Gasteiger partial charge in [-0.05, 0) is 31.4 Å². The first kappa shape index (κ1) is 29.2. The number of esters is 2. The van der Waals surface area contributed by atoms with Crippen LogP contribution < -0.4 is 0 Å². The van der Waals surface area contributed by atoms with Crippen molar-refractivity contribution >= 4 is 11.9 Å². The molecule has 0 spiro atoms. The van der Waals surface area contributed by atoms with Gasteiger partial charge < -0.3 is 9.47 Å². The third-order valence-corrected chi connectivity index (χ3v) is 6.09. The molecule has 0 N–H and O–H groups in total. The molecule has 0 amide bonds. The molecule has 0 saturated heterocycles. The van der Waals surface area contributed by atoms with Crippen molar-refractivity contribution in [2.24, 2.45) is 0 Å². The highest BCUT2D eigenvalue weighted by molar-refractivity contribution is 6.03. The van der Waals surface area contributed by atoms with Crippen LogP contribution in [0.5, 0.6) is 0 Å². The number of carbonyl (C=O) groups excluding carboxylic acids is 2. The summed E-state index contributed by atoms with van der Waals surface area (Å²) in [5.41, 5.74) is 0.600. The Balaban J connectivity index is 2.27. The molecule has 1 aromatic rings. The van der Waals surface area contributed by atoms with Gasteiger partial charge in [-0.25, -0.2) is 9.59 Å².